The molecule has 3 aromatic rings. The predicted molar refractivity (Wildman–Crippen MR) is 148 cm³/mol. The number of carbonyl (C=O) groups is 2. The quantitative estimate of drug-likeness (QED) is 0.344. The van der Waals surface area contributed by atoms with Gasteiger partial charge in [0.15, 0.2) is 5.65 Å². The lowest BCUT2D eigenvalue weighted by Gasteiger charge is -2.27. The Morgan fingerprint density at radius 2 is 1.98 bits per heavy atom. The van der Waals surface area contributed by atoms with E-state index < -0.39 is 23.2 Å². The fraction of sp³-hybridized carbons (Fsp3) is 0.444. The maximum atomic E-state index is 13.2. The molecule has 40 heavy (non-hydrogen) atoms. The van der Waals surface area contributed by atoms with Crippen molar-refractivity contribution in [2.45, 2.75) is 51.7 Å². The number of allylic oxidation sites excluding steroid dienone is 2. The molecule has 1 atom stereocenters. The zero-order valence-electron chi connectivity index (χ0n) is 23.5. The van der Waals surface area contributed by atoms with Crippen molar-refractivity contribution in [3.05, 3.63) is 47.6 Å². The van der Waals surface area contributed by atoms with Crippen molar-refractivity contribution in [3.63, 3.8) is 0 Å². The number of pyridine rings is 1. The van der Waals surface area contributed by atoms with Gasteiger partial charge in [0, 0.05) is 43.7 Å². The maximum Gasteiger partial charge on any atom is 0.415 e. The summed E-state index contributed by atoms with van der Waals surface area (Å²) in [6, 6.07) is 5.12. The van der Waals surface area contributed by atoms with Crippen LogP contribution in [0.2, 0.25) is 0 Å². The lowest BCUT2D eigenvalue weighted by Crippen LogP contribution is -2.39. The SMILES string of the molecule is COc1ncccc1Nc1cc(N(C)C(=O)OC(C)(C)C)n2ncc(C(=O)NCCC(C)(O)CN3C4=C3C4)c2n1. The van der Waals surface area contributed by atoms with Crippen LogP contribution in [-0.4, -0.2) is 80.0 Å². The number of aliphatic hydroxyl groups is 1. The molecule has 0 bridgehead atoms. The molecule has 13 heteroatoms. The summed E-state index contributed by atoms with van der Waals surface area (Å²) in [5.41, 5.74) is 1.96. The summed E-state index contributed by atoms with van der Waals surface area (Å²) in [5.74, 6) is 0.590. The van der Waals surface area contributed by atoms with Crippen molar-refractivity contribution in [2.75, 3.05) is 37.5 Å². The zero-order chi connectivity index (χ0) is 28.8. The lowest BCUT2D eigenvalue weighted by molar-refractivity contribution is 0.0344. The van der Waals surface area contributed by atoms with E-state index in [9.17, 15) is 14.7 Å². The van der Waals surface area contributed by atoms with E-state index in [1.807, 2.05) is 0 Å². The summed E-state index contributed by atoms with van der Waals surface area (Å²) in [6.45, 7) is 7.88. The Bertz CT molecular complexity index is 1490. The Balaban J connectivity index is 1.40. The van der Waals surface area contributed by atoms with Crippen molar-refractivity contribution in [1.29, 1.82) is 0 Å². The number of β-amino-alcohol motifs (C(OH)–C–C–N with tert-alkyl or cyclic N) is 1. The smallest absolute Gasteiger partial charge is 0.415 e. The molecular formula is C27H34N8O5. The first kappa shape index (κ1) is 27.2. The van der Waals surface area contributed by atoms with Gasteiger partial charge in [-0.15, -0.1) is 0 Å². The number of hydrogen-bond acceptors (Lipinski definition) is 10. The molecule has 13 nitrogen and oxygen atoms in total. The molecule has 0 saturated heterocycles. The van der Waals surface area contributed by atoms with Crippen molar-refractivity contribution in [2.24, 2.45) is 0 Å². The van der Waals surface area contributed by atoms with Gasteiger partial charge < -0.3 is 30.1 Å². The van der Waals surface area contributed by atoms with Crippen LogP contribution in [0.15, 0.2) is 42.0 Å². The molecule has 0 fully saturated rings. The fourth-order valence-electron chi connectivity index (χ4n) is 4.27. The second kappa shape index (κ2) is 9.97. The van der Waals surface area contributed by atoms with Crippen molar-refractivity contribution in [3.8, 4) is 5.88 Å². The highest BCUT2D eigenvalue weighted by atomic mass is 16.6. The average molecular weight is 551 g/mol. The fourth-order valence-corrected chi connectivity index (χ4v) is 4.27. The molecule has 0 aromatic carbocycles. The minimum absolute atomic E-state index is 0.207. The number of aromatic nitrogens is 4. The molecule has 1 unspecified atom stereocenters. The molecule has 3 N–H and O–H groups in total. The van der Waals surface area contributed by atoms with Gasteiger partial charge in [0.05, 0.1) is 25.5 Å². The largest absolute Gasteiger partial charge is 0.480 e. The molecule has 0 saturated carbocycles. The molecule has 0 radical (unpaired) electrons. The Hall–Kier alpha value is -4.39. The van der Waals surface area contributed by atoms with Gasteiger partial charge >= 0.3 is 6.09 Å². The monoisotopic (exact) mass is 550 g/mol. The molecule has 212 valence electrons. The first-order valence-electron chi connectivity index (χ1n) is 13.0. The first-order chi connectivity index (χ1) is 18.9. The summed E-state index contributed by atoms with van der Waals surface area (Å²) in [5, 5.41) is 21.1. The zero-order valence-corrected chi connectivity index (χ0v) is 23.5. The van der Waals surface area contributed by atoms with Gasteiger partial charge in [-0.25, -0.2) is 14.8 Å². The first-order valence-corrected chi connectivity index (χ1v) is 13.0. The lowest BCUT2D eigenvalue weighted by atomic mass is 10.0. The Morgan fingerprint density at radius 1 is 1.23 bits per heavy atom. The third-order valence-corrected chi connectivity index (χ3v) is 6.53. The Labute approximate surface area is 231 Å². The van der Waals surface area contributed by atoms with Crippen molar-refractivity contribution in [1.82, 2.24) is 29.8 Å². The Kier molecular flexibility index (Phi) is 6.78. The van der Waals surface area contributed by atoms with Gasteiger partial charge in [-0.1, -0.05) is 0 Å². The standard InChI is InChI=1S/C27H34N8O5/c1-26(2,3)40-25(37)33(5)21-13-20(31-17-8-7-10-29-24(17)39-6)32-22-16(14-30-35(21)22)23(36)28-11-9-27(4,38)15-34-18-12-19(18)34/h7-8,10,13-14,38H,9,11-12,15H2,1-6H3,(H,28,36)(H,31,32). The van der Waals surface area contributed by atoms with E-state index in [1.165, 1.54) is 34.1 Å². The summed E-state index contributed by atoms with van der Waals surface area (Å²) >= 11 is 0. The van der Waals surface area contributed by atoms with Gasteiger partial charge in [0.25, 0.3) is 5.91 Å². The van der Waals surface area contributed by atoms with Crippen LogP contribution in [0.3, 0.4) is 0 Å². The van der Waals surface area contributed by atoms with Crippen LogP contribution in [0.4, 0.5) is 22.1 Å². The molecule has 3 aromatic heterocycles. The molecule has 1 aliphatic heterocycles. The minimum Gasteiger partial charge on any atom is -0.480 e. The van der Waals surface area contributed by atoms with E-state index in [4.69, 9.17) is 9.47 Å². The van der Waals surface area contributed by atoms with Gasteiger partial charge in [-0.2, -0.15) is 9.61 Å². The average Bonchev–Trinajstić information content (AvgIpc) is 3.77. The number of nitrogens with one attached hydrogen (secondary N) is 2. The number of methoxy groups -OCH3 is 1. The maximum absolute atomic E-state index is 13.2. The number of anilines is 3. The molecular weight excluding hydrogens is 516 g/mol. The van der Waals surface area contributed by atoms with Crippen LogP contribution in [-0.2, 0) is 4.74 Å². The summed E-state index contributed by atoms with van der Waals surface area (Å²) in [6.07, 6.45) is 3.83. The molecule has 2 aliphatic rings. The van der Waals surface area contributed by atoms with E-state index in [2.05, 4.69) is 30.6 Å². The van der Waals surface area contributed by atoms with Gasteiger partial charge in [-0.3, -0.25) is 9.69 Å². The van der Waals surface area contributed by atoms with E-state index in [1.54, 1.807) is 59.1 Å². The van der Waals surface area contributed by atoms with Crippen LogP contribution < -0.4 is 20.3 Å². The van der Waals surface area contributed by atoms with E-state index >= 15 is 0 Å². The molecule has 4 heterocycles. The summed E-state index contributed by atoms with van der Waals surface area (Å²) < 4.78 is 12.3. The number of fused-ring (bicyclic) bond motifs is 1. The number of nitrogens with zero attached hydrogens (tertiary/aromatic N) is 6. The number of amides is 2. The topological polar surface area (TPSA) is 146 Å². The number of carbonyl (C=O) groups excluding carboxylic acids is 2. The van der Waals surface area contributed by atoms with Gasteiger partial charge in [0.1, 0.15) is 28.5 Å². The normalized spacial score (nSPS) is 15.3. The Morgan fingerprint density at radius 3 is 2.62 bits per heavy atom. The van der Waals surface area contributed by atoms with Crippen LogP contribution in [0.25, 0.3) is 5.65 Å². The van der Waals surface area contributed by atoms with Crippen LogP contribution in [0.1, 0.15) is 50.9 Å². The van der Waals surface area contributed by atoms with E-state index in [-0.39, 0.29) is 17.8 Å². The second-order valence-corrected chi connectivity index (χ2v) is 11.2. The van der Waals surface area contributed by atoms with Crippen LogP contribution in [0.5, 0.6) is 5.88 Å². The third kappa shape index (κ3) is 5.78. The minimum atomic E-state index is -0.941. The summed E-state index contributed by atoms with van der Waals surface area (Å²) in [7, 11) is 3.06. The van der Waals surface area contributed by atoms with Gasteiger partial charge in [-0.05, 0) is 46.2 Å². The molecule has 2 amide bonds. The van der Waals surface area contributed by atoms with Crippen molar-refractivity contribution >= 4 is 35.0 Å². The highest BCUT2D eigenvalue weighted by Gasteiger charge is 2.49. The predicted octanol–water partition coefficient (Wildman–Crippen LogP) is 3.05. The third-order valence-electron chi connectivity index (χ3n) is 6.53. The number of ether oxygens (including phenoxy) is 2. The number of hydrogen-bond donors (Lipinski definition) is 3. The van der Waals surface area contributed by atoms with E-state index in [0.717, 1.165) is 6.42 Å². The number of likely N-dealkylation sites (tertiary alicyclic amines) is 1. The number of rotatable bonds is 10. The molecule has 0 spiro atoms. The summed E-state index contributed by atoms with van der Waals surface area (Å²) in [4.78, 5) is 38.4. The van der Waals surface area contributed by atoms with Crippen LogP contribution >= 0.6 is 0 Å². The van der Waals surface area contributed by atoms with Crippen molar-refractivity contribution < 1.29 is 24.2 Å². The highest BCUT2D eigenvalue weighted by Crippen LogP contribution is 2.54. The highest BCUT2D eigenvalue weighted by molar-refractivity contribution is 6.00. The molecule has 1 aliphatic carbocycles. The van der Waals surface area contributed by atoms with Gasteiger partial charge in [0.2, 0.25) is 5.88 Å². The van der Waals surface area contributed by atoms with E-state index in [0.29, 0.717) is 36.2 Å². The molecule has 5 rings (SSSR count). The second-order valence-electron chi connectivity index (χ2n) is 11.2. The van der Waals surface area contributed by atoms with Crippen LogP contribution in [0, 0.1) is 0 Å².